The van der Waals surface area contributed by atoms with E-state index >= 15 is 0 Å². The van der Waals surface area contributed by atoms with Crippen LogP contribution in [-0.4, -0.2) is 41.6 Å². The topological polar surface area (TPSA) is 32.3 Å². The lowest BCUT2D eigenvalue weighted by Crippen LogP contribution is -2.67. The summed E-state index contributed by atoms with van der Waals surface area (Å²) in [5, 5.41) is 3.01. The second-order valence-electron chi connectivity index (χ2n) is 6.09. The Bertz CT molecular complexity index is 322. The third-order valence-corrected chi connectivity index (χ3v) is 4.97. The monoisotopic (exact) mass is 256 g/mol. The van der Waals surface area contributed by atoms with Crippen LogP contribution in [0.1, 0.15) is 46.5 Å². The van der Waals surface area contributed by atoms with Crippen LogP contribution in [0.3, 0.4) is 0 Å². The van der Waals surface area contributed by atoms with E-state index in [1.165, 1.54) is 0 Å². The number of rotatable bonds is 4. The molecule has 1 atom stereocenters. The molecule has 0 radical (unpaired) electrons. The minimum Gasteiger partial charge on any atom is -0.347 e. The second-order valence-corrected chi connectivity index (χ2v) is 6.09. The Kier molecular flexibility index (Phi) is 3.67. The quantitative estimate of drug-likeness (QED) is 0.835. The Labute approximate surface area is 109 Å². The van der Waals surface area contributed by atoms with Gasteiger partial charge in [0.1, 0.15) is 0 Å². The molecule has 3 saturated heterocycles. The summed E-state index contributed by atoms with van der Waals surface area (Å²) in [6, 6.07) is 0. The van der Waals surface area contributed by atoms with E-state index in [0.717, 1.165) is 32.5 Å². The molecular weight excluding hydrogens is 231 g/mol. The Balaban J connectivity index is 2.07. The molecule has 3 fully saturated rings. The largest absolute Gasteiger partial charge is 0.347 e. The van der Waals surface area contributed by atoms with Crippen LogP contribution in [0.25, 0.3) is 0 Å². The van der Waals surface area contributed by atoms with Crippen LogP contribution in [-0.2, 0) is 4.79 Å². The van der Waals surface area contributed by atoms with Gasteiger partial charge in [-0.15, -0.1) is 0 Å². The molecule has 1 amide bonds. The third kappa shape index (κ3) is 2.27. The summed E-state index contributed by atoms with van der Waals surface area (Å²) in [4.78, 5) is 14.5. The molecule has 0 aromatic heterocycles. The van der Waals surface area contributed by atoms with Gasteiger partial charge in [-0.05, 0) is 51.6 Å². The fourth-order valence-corrected chi connectivity index (χ4v) is 3.41. The molecule has 2 bridgehead atoms. The SMILES string of the molecule is CCC(F)(CC)C(=O)NC1(C)CN2CCC1CC2. The van der Waals surface area contributed by atoms with Crippen molar-refractivity contribution >= 4 is 5.91 Å². The van der Waals surface area contributed by atoms with Crippen molar-refractivity contribution in [2.45, 2.75) is 57.7 Å². The van der Waals surface area contributed by atoms with Gasteiger partial charge in [0.15, 0.2) is 5.67 Å². The lowest BCUT2D eigenvalue weighted by atomic mass is 9.73. The number of alkyl halides is 1. The van der Waals surface area contributed by atoms with Crippen LogP contribution in [0.15, 0.2) is 0 Å². The first-order chi connectivity index (χ1) is 8.43. The summed E-state index contributed by atoms with van der Waals surface area (Å²) in [7, 11) is 0. The normalized spacial score (nSPS) is 35.6. The van der Waals surface area contributed by atoms with Gasteiger partial charge in [0.05, 0.1) is 5.54 Å². The highest BCUT2D eigenvalue weighted by molar-refractivity contribution is 5.85. The van der Waals surface area contributed by atoms with Gasteiger partial charge in [0.25, 0.3) is 5.91 Å². The van der Waals surface area contributed by atoms with Crippen molar-refractivity contribution in [1.82, 2.24) is 10.2 Å². The van der Waals surface area contributed by atoms with Crippen molar-refractivity contribution < 1.29 is 9.18 Å². The molecule has 0 saturated carbocycles. The number of amides is 1. The molecule has 3 nitrogen and oxygen atoms in total. The van der Waals surface area contributed by atoms with Crippen LogP contribution in [0.4, 0.5) is 4.39 Å². The van der Waals surface area contributed by atoms with Gasteiger partial charge in [-0.3, -0.25) is 4.79 Å². The molecule has 0 aliphatic carbocycles. The molecule has 104 valence electrons. The Morgan fingerprint density at radius 2 is 1.94 bits per heavy atom. The number of carbonyl (C=O) groups is 1. The average Bonchev–Trinajstić information content (AvgIpc) is 2.38. The number of halogens is 1. The number of fused-ring (bicyclic) bond motifs is 3. The van der Waals surface area contributed by atoms with E-state index in [-0.39, 0.29) is 18.4 Å². The first-order valence-electron chi connectivity index (χ1n) is 7.17. The van der Waals surface area contributed by atoms with Crippen molar-refractivity contribution in [3.63, 3.8) is 0 Å². The highest BCUT2D eigenvalue weighted by Crippen LogP contribution is 2.36. The molecule has 1 unspecified atom stereocenters. The second kappa shape index (κ2) is 4.80. The summed E-state index contributed by atoms with van der Waals surface area (Å²) in [6.45, 7) is 8.67. The van der Waals surface area contributed by atoms with E-state index in [9.17, 15) is 9.18 Å². The first-order valence-corrected chi connectivity index (χ1v) is 7.17. The summed E-state index contributed by atoms with van der Waals surface area (Å²) in [5.74, 6) is 0.0909. The zero-order chi connectivity index (χ0) is 13.4. The molecule has 3 heterocycles. The molecule has 0 spiro atoms. The van der Waals surface area contributed by atoms with Crippen LogP contribution in [0.2, 0.25) is 0 Å². The highest BCUT2D eigenvalue weighted by atomic mass is 19.1. The van der Waals surface area contributed by atoms with Gasteiger partial charge < -0.3 is 10.2 Å². The number of nitrogens with zero attached hydrogens (tertiary/aromatic N) is 1. The smallest absolute Gasteiger partial charge is 0.258 e. The fourth-order valence-electron chi connectivity index (χ4n) is 3.41. The molecule has 1 N–H and O–H groups in total. The Morgan fingerprint density at radius 1 is 1.39 bits per heavy atom. The molecule has 0 aromatic carbocycles. The molecule has 4 heteroatoms. The number of nitrogens with one attached hydrogen (secondary N) is 1. The predicted octanol–water partition coefficient (Wildman–Crippen LogP) is 2.12. The van der Waals surface area contributed by atoms with E-state index < -0.39 is 11.6 Å². The summed E-state index contributed by atoms with van der Waals surface area (Å²) in [5.41, 5.74) is -1.94. The Morgan fingerprint density at radius 3 is 2.33 bits per heavy atom. The summed E-state index contributed by atoms with van der Waals surface area (Å²) < 4.78 is 14.4. The highest BCUT2D eigenvalue weighted by Gasteiger charge is 2.47. The molecule has 18 heavy (non-hydrogen) atoms. The van der Waals surface area contributed by atoms with Crippen molar-refractivity contribution in [1.29, 1.82) is 0 Å². The lowest BCUT2D eigenvalue weighted by Gasteiger charge is -2.52. The lowest BCUT2D eigenvalue weighted by molar-refractivity contribution is -0.138. The van der Waals surface area contributed by atoms with E-state index in [2.05, 4.69) is 17.1 Å². The van der Waals surface area contributed by atoms with Gasteiger partial charge in [0.2, 0.25) is 0 Å². The summed E-state index contributed by atoms with van der Waals surface area (Å²) >= 11 is 0. The standard InChI is InChI=1S/C14H25FN2O/c1-4-14(15,5-2)12(18)16-13(3)10-17-8-6-11(13)7-9-17/h11H,4-10H2,1-3H3,(H,16,18). The van der Waals surface area contributed by atoms with Gasteiger partial charge in [-0.2, -0.15) is 0 Å². The van der Waals surface area contributed by atoms with Crippen LogP contribution in [0, 0.1) is 5.92 Å². The average molecular weight is 256 g/mol. The van der Waals surface area contributed by atoms with Crippen molar-refractivity contribution in [2.75, 3.05) is 19.6 Å². The molecule has 3 aliphatic rings. The van der Waals surface area contributed by atoms with Crippen LogP contribution < -0.4 is 5.32 Å². The van der Waals surface area contributed by atoms with E-state index in [1.807, 2.05) is 0 Å². The maximum Gasteiger partial charge on any atom is 0.258 e. The van der Waals surface area contributed by atoms with Gasteiger partial charge in [0, 0.05) is 6.54 Å². The van der Waals surface area contributed by atoms with Gasteiger partial charge in [-0.1, -0.05) is 13.8 Å². The van der Waals surface area contributed by atoms with Gasteiger partial charge in [-0.25, -0.2) is 4.39 Å². The van der Waals surface area contributed by atoms with E-state index in [0.29, 0.717) is 5.92 Å². The maximum absolute atomic E-state index is 14.4. The third-order valence-electron chi connectivity index (χ3n) is 4.97. The minimum absolute atomic E-state index is 0.241. The number of piperidine rings is 3. The van der Waals surface area contributed by atoms with Crippen LogP contribution in [0.5, 0.6) is 0 Å². The predicted molar refractivity (Wildman–Crippen MR) is 70.1 cm³/mol. The zero-order valence-corrected chi connectivity index (χ0v) is 11.8. The Hall–Kier alpha value is -0.640. The molecule has 3 rings (SSSR count). The van der Waals surface area contributed by atoms with E-state index in [4.69, 9.17) is 0 Å². The summed E-state index contributed by atoms with van der Waals surface area (Å²) in [6.07, 6.45) is 2.74. The number of carbonyl (C=O) groups excluding carboxylic acids is 1. The zero-order valence-electron chi connectivity index (χ0n) is 11.8. The minimum atomic E-state index is -1.70. The maximum atomic E-state index is 14.4. The van der Waals surface area contributed by atoms with Crippen molar-refractivity contribution in [2.24, 2.45) is 5.92 Å². The van der Waals surface area contributed by atoms with Gasteiger partial charge >= 0.3 is 0 Å². The first kappa shape index (κ1) is 13.8. The van der Waals surface area contributed by atoms with Crippen LogP contribution >= 0.6 is 0 Å². The molecular formula is C14H25FN2O. The number of hydrogen-bond donors (Lipinski definition) is 1. The number of hydrogen-bond acceptors (Lipinski definition) is 2. The molecule has 0 aromatic rings. The molecule has 3 aliphatic heterocycles. The van der Waals surface area contributed by atoms with Crippen molar-refractivity contribution in [3.8, 4) is 0 Å². The van der Waals surface area contributed by atoms with E-state index in [1.54, 1.807) is 13.8 Å². The van der Waals surface area contributed by atoms with Crippen molar-refractivity contribution in [3.05, 3.63) is 0 Å². The fraction of sp³-hybridized carbons (Fsp3) is 0.929.